The summed E-state index contributed by atoms with van der Waals surface area (Å²) < 4.78 is 60.6. The normalized spacial score (nSPS) is 14.0. The SMILES string of the molecule is [2H]c1c([2H])c([2H])c2c(-c3ccc4c(Br)c5ccccc5c(-c5ccc(-c6ccccc6)cc5)c4c3)c([2H])c([2H])c([2H])c2c1[2H]. The fraction of sp³-hybridized carbons (Fsp3) is 0. The van der Waals surface area contributed by atoms with Crippen molar-refractivity contribution in [2.75, 3.05) is 0 Å². The molecule has 0 spiro atoms. The Bertz CT molecular complexity index is 2290. The van der Waals surface area contributed by atoms with E-state index in [2.05, 4.69) is 64.5 Å². The summed E-state index contributed by atoms with van der Waals surface area (Å²) in [7, 11) is 0. The third kappa shape index (κ3) is 3.75. The first-order chi connectivity index (χ1) is 21.2. The van der Waals surface area contributed by atoms with Crippen LogP contribution in [0.15, 0.2) is 144 Å². The molecule has 7 aromatic rings. The first-order valence-electron chi connectivity index (χ1n) is 15.5. The molecule has 37 heavy (non-hydrogen) atoms. The summed E-state index contributed by atoms with van der Waals surface area (Å²) in [4.78, 5) is 0. The van der Waals surface area contributed by atoms with Gasteiger partial charge in [0, 0.05) is 4.47 Å². The van der Waals surface area contributed by atoms with Crippen LogP contribution in [0.3, 0.4) is 0 Å². The molecule has 0 aliphatic carbocycles. The lowest BCUT2D eigenvalue weighted by atomic mass is 9.89. The Balaban J connectivity index is 1.57. The minimum Gasteiger partial charge on any atom is -0.0622 e. The van der Waals surface area contributed by atoms with Gasteiger partial charge in [0.1, 0.15) is 0 Å². The molecule has 7 aromatic carbocycles. The molecule has 174 valence electrons. The van der Waals surface area contributed by atoms with E-state index in [9.17, 15) is 0 Å². The van der Waals surface area contributed by atoms with Crippen LogP contribution in [0.4, 0.5) is 0 Å². The van der Waals surface area contributed by atoms with Crippen LogP contribution in [0.1, 0.15) is 9.60 Å². The first-order valence-corrected chi connectivity index (χ1v) is 12.8. The summed E-state index contributed by atoms with van der Waals surface area (Å²) in [6.45, 7) is 0. The van der Waals surface area contributed by atoms with Crippen molar-refractivity contribution in [2.24, 2.45) is 0 Å². The van der Waals surface area contributed by atoms with Crippen molar-refractivity contribution in [1.82, 2.24) is 0 Å². The van der Waals surface area contributed by atoms with Gasteiger partial charge in [-0.25, -0.2) is 0 Å². The van der Waals surface area contributed by atoms with Crippen LogP contribution in [0, 0.1) is 0 Å². The maximum absolute atomic E-state index is 8.88. The number of hydrogen-bond donors (Lipinski definition) is 0. The van der Waals surface area contributed by atoms with E-state index in [-0.39, 0.29) is 46.5 Å². The lowest BCUT2D eigenvalue weighted by Gasteiger charge is -2.16. The molecule has 0 aromatic heterocycles. The Kier molecular flexibility index (Phi) is 3.86. The standard InChI is InChI=1S/C36H23Br/c37-36-32-15-7-6-14-31(32)35(27-19-17-25(18-20-27)24-9-2-1-3-10-24)34-23-28(21-22-33(34)36)30-16-8-12-26-11-4-5-13-29(26)30/h1-23H/i4D,5D,8D,11D,12D,13D,16D. The van der Waals surface area contributed by atoms with Crippen molar-refractivity contribution in [3.63, 3.8) is 0 Å². The molecule has 0 atom stereocenters. The molecule has 0 bridgehead atoms. The first kappa shape index (κ1) is 15.8. The van der Waals surface area contributed by atoms with Crippen molar-refractivity contribution >= 4 is 48.2 Å². The third-order valence-corrected chi connectivity index (χ3v) is 7.69. The second-order valence-electron chi connectivity index (χ2n) is 8.94. The van der Waals surface area contributed by atoms with Crippen molar-refractivity contribution in [1.29, 1.82) is 0 Å². The van der Waals surface area contributed by atoms with Crippen molar-refractivity contribution in [3.05, 3.63) is 144 Å². The molecular weight excluding hydrogens is 512 g/mol. The number of rotatable bonds is 3. The minimum atomic E-state index is -0.464. The van der Waals surface area contributed by atoms with Gasteiger partial charge >= 0.3 is 0 Å². The van der Waals surface area contributed by atoms with E-state index in [0.717, 1.165) is 48.3 Å². The molecule has 0 saturated heterocycles. The van der Waals surface area contributed by atoms with Gasteiger partial charge in [0.05, 0.1) is 9.60 Å². The van der Waals surface area contributed by atoms with Gasteiger partial charge in [-0.15, -0.1) is 0 Å². The predicted molar refractivity (Wildman–Crippen MR) is 163 cm³/mol. The zero-order chi connectivity index (χ0) is 30.9. The zero-order valence-corrected chi connectivity index (χ0v) is 21.2. The predicted octanol–water partition coefficient (Wildman–Crippen LogP) is 10.9. The molecule has 0 fully saturated rings. The molecule has 0 heterocycles. The van der Waals surface area contributed by atoms with Crippen LogP contribution in [-0.2, 0) is 0 Å². The molecule has 0 radical (unpaired) electrons. The largest absolute Gasteiger partial charge is 0.0629 e. The van der Waals surface area contributed by atoms with Gasteiger partial charge in [0.25, 0.3) is 0 Å². The summed E-state index contributed by atoms with van der Waals surface area (Å²) in [5, 5.41) is 3.92. The molecule has 0 aliphatic rings. The molecule has 1 heteroatoms. The summed E-state index contributed by atoms with van der Waals surface area (Å²) >= 11 is 3.83. The quantitative estimate of drug-likeness (QED) is 0.195. The lowest BCUT2D eigenvalue weighted by Crippen LogP contribution is -1.89. The molecule has 0 aliphatic heterocycles. The van der Waals surface area contributed by atoms with Crippen LogP contribution in [-0.4, -0.2) is 0 Å². The van der Waals surface area contributed by atoms with Gasteiger partial charge in [0.2, 0.25) is 0 Å². The Labute approximate surface area is 234 Å². The van der Waals surface area contributed by atoms with E-state index in [0.29, 0.717) is 5.56 Å². The maximum Gasteiger partial charge on any atom is 0.0629 e. The number of halogens is 1. The number of fused-ring (bicyclic) bond motifs is 3. The van der Waals surface area contributed by atoms with Crippen molar-refractivity contribution in [3.8, 4) is 33.4 Å². The maximum atomic E-state index is 8.88. The average Bonchev–Trinajstić information content (AvgIpc) is 3.06. The van der Waals surface area contributed by atoms with Gasteiger partial charge in [-0.2, -0.15) is 0 Å². The Morgan fingerprint density at radius 3 is 1.92 bits per heavy atom. The van der Waals surface area contributed by atoms with E-state index >= 15 is 0 Å². The fourth-order valence-electron chi connectivity index (χ4n) is 5.08. The highest BCUT2D eigenvalue weighted by molar-refractivity contribution is 9.10. The zero-order valence-electron chi connectivity index (χ0n) is 26.6. The van der Waals surface area contributed by atoms with Crippen molar-refractivity contribution < 1.29 is 9.60 Å². The van der Waals surface area contributed by atoms with Gasteiger partial charge < -0.3 is 0 Å². The molecule has 0 amide bonds. The Morgan fingerprint density at radius 2 is 1.08 bits per heavy atom. The number of hydrogen-bond acceptors (Lipinski definition) is 0. The Morgan fingerprint density at radius 1 is 0.459 bits per heavy atom. The van der Waals surface area contributed by atoms with Crippen LogP contribution < -0.4 is 0 Å². The highest BCUT2D eigenvalue weighted by Crippen LogP contribution is 2.43. The summed E-state index contributed by atoms with van der Waals surface area (Å²) in [6, 6.07) is 29.8. The van der Waals surface area contributed by atoms with Gasteiger partial charge in [-0.1, -0.05) is 133 Å². The fourth-order valence-corrected chi connectivity index (χ4v) is 5.77. The summed E-state index contributed by atoms with van der Waals surface area (Å²) in [5.41, 5.74) is 4.95. The average molecular weight is 543 g/mol. The molecule has 0 N–H and O–H groups in total. The lowest BCUT2D eigenvalue weighted by molar-refractivity contribution is 1.61. The molecule has 7 rings (SSSR count). The molecular formula is C36H23Br. The highest BCUT2D eigenvalue weighted by Gasteiger charge is 2.15. The molecule has 0 unspecified atom stereocenters. The highest BCUT2D eigenvalue weighted by atomic mass is 79.9. The van der Waals surface area contributed by atoms with E-state index in [1.54, 1.807) is 0 Å². The monoisotopic (exact) mass is 541 g/mol. The van der Waals surface area contributed by atoms with E-state index in [4.69, 9.17) is 9.60 Å². The van der Waals surface area contributed by atoms with Crippen LogP contribution in [0.5, 0.6) is 0 Å². The van der Waals surface area contributed by atoms with E-state index in [1.807, 2.05) is 48.5 Å². The second-order valence-corrected chi connectivity index (χ2v) is 9.73. The van der Waals surface area contributed by atoms with Crippen LogP contribution in [0.25, 0.3) is 65.7 Å². The molecule has 0 nitrogen and oxygen atoms in total. The minimum absolute atomic E-state index is 0.0523. The van der Waals surface area contributed by atoms with Crippen LogP contribution >= 0.6 is 15.9 Å². The summed E-state index contributed by atoms with van der Waals surface area (Å²) in [6.07, 6.45) is 0. The van der Waals surface area contributed by atoms with Gasteiger partial charge in [-0.05, 0) is 87.7 Å². The third-order valence-electron chi connectivity index (χ3n) is 6.84. The van der Waals surface area contributed by atoms with Crippen LogP contribution in [0.2, 0.25) is 0 Å². The van der Waals surface area contributed by atoms with E-state index in [1.165, 1.54) is 0 Å². The second kappa shape index (κ2) is 9.03. The van der Waals surface area contributed by atoms with Crippen molar-refractivity contribution in [2.45, 2.75) is 0 Å². The summed E-state index contributed by atoms with van der Waals surface area (Å²) in [5.74, 6) is 0. The van der Waals surface area contributed by atoms with E-state index < -0.39 is 12.1 Å². The molecule has 0 saturated carbocycles. The van der Waals surface area contributed by atoms with Gasteiger partial charge in [-0.3, -0.25) is 0 Å². The smallest absolute Gasteiger partial charge is 0.0622 e. The Hall–Kier alpha value is -4.20. The number of benzene rings is 7. The topological polar surface area (TPSA) is 0 Å². The van der Waals surface area contributed by atoms with Gasteiger partial charge in [0.15, 0.2) is 0 Å².